The van der Waals surface area contributed by atoms with Crippen molar-refractivity contribution in [1.29, 1.82) is 0 Å². The van der Waals surface area contributed by atoms with Gasteiger partial charge >= 0.3 is 5.97 Å². The summed E-state index contributed by atoms with van der Waals surface area (Å²) >= 11 is 0. The number of carbonyl (C=O) groups excluding carboxylic acids is 1. The van der Waals surface area contributed by atoms with Gasteiger partial charge in [0.2, 0.25) is 5.91 Å². The molecule has 0 spiro atoms. The van der Waals surface area contributed by atoms with Gasteiger partial charge < -0.3 is 15.3 Å². The molecule has 0 radical (unpaired) electrons. The lowest BCUT2D eigenvalue weighted by molar-refractivity contribution is -0.384. The van der Waals surface area contributed by atoms with Gasteiger partial charge in [-0.1, -0.05) is 0 Å². The molecule has 9 nitrogen and oxygen atoms in total. The van der Waals surface area contributed by atoms with Crippen molar-refractivity contribution >= 4 is 23.3 Å². The Labute approximate surface area is 199 Å². The second-order valence-electron chi connectivity index (χ2n) is 11.4. The molecule has 184 valence electrons. The Hall–Kier alpha value is -2.68. The maximum Gasteiger partial charge on any atom is 0.309 e. The summed E-state index contributed by atoms with van der Waals surface area (Å²) in [5.41, 5.74) is -0.199. The number of carboxylic acid groups (broad SMARTS) is 1. The van der Waals surface area contributed by atoms with E-state index < -0.39 is 21.8 Å². The lowest BCUT2D eigenvalue weighted by atomic mass is 9.48. The molecule has 2 atom stereocenters. The number of hydrogen-bond acceptors (Lipinski definition) is 6. The van der Waals surface area contributed by atoms with Crippen molar-refractivity contribution in [2.75, 3.05) is 31.1 Å². The van der Waals surface area contributed by atoms with Crippen LogP contribution in [0.3, 0.4) is 0 Å². The number of piperazine rings is 1. The molecule has 0 aromatic heterocycles. The van der Waals surface area contributed by atoms with Crippen LogP contribution in [0.15, 0.2) is 24.3 Å². The van der Waals surface area contributed by atoms with E-state index in [9.17, 15) is 24.8 Å². The zero-order valence-corrected chi connectivity index (χ0v) is 19.9. The molecule has 1 aromatic carbocycles. The topological polar surface area (TPSA) is 116 Å². The number of rotatable bonds is 6. The standard InChI is InChI=1S/C25H34N4O5/c1-24(2,28-9-7-27(8-10-28)19-3-5-20(6-4-19)29(33)34)22(30)26-21-17-11-16-12-18(21)15-25(13-16,14-17)23(31)32/h3-6,16-18,21H,7-15H2,1-2H3,(H,26,30)(H,31,32). The van der Waals surface area contributed by atoms with E-state index in [1.54, 1.807) is 12.1 Å². The molecule has 1 amide bonds. The summed E-state index contributed by atoms with van der Waals surface area (Å²) in [4.78, 5) is 40.4. The van der Waals surface area contributed by atoms with Crippen LogP contribution in [0.2, 0.25) is 0 Å². The summed E-state index contributed by atoms with van der Waals surface area (Å²) < 4.78 is 0. The third kappa shape index (κ3) is 3.83. The first-order valence-corrected chi connectivity index (χ1v) is 12.4. The first kappa shape index (κ1) is 23.1. The summed E-state index contributed by atoms with van der Waals surface area (Å²) in [6.07, 6.45) is 4.25. The minimum atomic E-state index is -0.666. The smallest absolute Gasteiger partial charge is 0.309 e. The number of aliphatic carboxylic acids is 1. The molecule has 4 bridgehead atoms. The molecule has 1 heterocycles. The van der Waals surface area contributed by atoms with Crippen molar-refractivity contribution < 1.29 is 19.6 Å². The van der Waals surface area contributed by atoms with E-state index in [0.717, 1.165) is 51.1 Å². The van der Waals surface area contributed by atoms with Crippen LogP contribution in [0.25, 0.3) is 0 Å². The monoisotopic (exact) mass is 470 g/mol. The SMILES string of the molecule is CC(C)(C(=O)NC1C2CC3CC1CC(C(=O)O)(C3)C2)N1CCN(c2ccc([N+](=O)[O-])cc2)CC1. The molecule has 5 fully saturated rings. The Morgan fingerprint density at radius 1 is 1.06 bits per heavy atom. The van der Waals surface area contributed by atoms with Crippen molar-refractivity contribution in [2.45, 2.75) is 57.5 Å². The van der Waals surface area contributed by atoms with Crippen LogP contribution >= 0.6 is 0 Å². The maximum atomic E-state index is 13.5. The predicted molar refractivity (Wildman–Crippen MR) is 127 cm³/mol. The van der Waals surface area contributed by atoms with Crippen LogP contribution in [0.4, 0.5) is 11.4 Å². The average Bonchev–Trinajstić information content (AvgIpc) is 2.81. The van der Waals surface area contributed by atoms with Crippen molar-refractivity contribution in [3.8, 4) is 0 Å². The average molecular weight is 471 g/mol. The Balaban J connectivity index is 1.20. The van der Waals surface area contributed by atoms with Gasteiger partial charge in [0, 0.05) is 50.0 Å². The number of hydrogen-bond donors (Lipinski definition) is 2. The highest BCUT2D eigenvalue weighted by molar-refractivity contribution is 5.86. The van der Waals surface area contributed by atoms with Crippen LogP contribution in [0, 0.1) is 33.3 Å². The number of benzene rings is 1. The largest absolute Gasteiger partial charge is 0.481 e. The van der Waals surface area contributed by atoms with Crippen molar-refractivity contribution in [3.63, 3.8) is 0 Å². The number of anilines is 1. The summed E-state index contributed by atoms with van der Waals surface area (Å²) in [5.74, 6) is 0.394. The highest BCUT2D eigenvalue weighted by atomic mass is 16.6. The summed E-state index contributed by atoms with van der Waals surface area (Å²) in [6, 6.07) is 6.69. The van der Waals surface area contributed by atoms with Gasteiger partial charge in [-0.25, -0.2) is 0 Å². The highest BCUT2D eigenvalue weighted by Gasteiger charge is 2.59. The number of carbonyl (C=O) groups is 2. The van der Waals surface area contributed by atoms with E-state index in [4.69, 9.17) is 0 Å². The molecular formula is C25H34N4O5. The molecule has 34 heavy (non-hydrogen) atoms. The second-order valence-corrected chi connectivity index (χ2v) is 11.4. The molecular weight excluding hydrogens is 436 g/mol. The Kier molecular flexibility index (Phi) is 5.58. The van der Waals surface area contributed by atoms with E-state index >= 15 is 0 Å². The van der Waals surface area contributed by atoms with Crippen LogP contribution < -0.4 is 10.2 Å². The van der Waals surface area contributed by atoms with Crippen molar-refractivity contribution in [2.24, 2.45) is 23.2 Å². The molecule has 6 rings (SSSR count). The number of non-ortho nitro benzene ring substituents is 1. The van der Waals surface area contributed by atoms with Crippen LogP contribution in [-0.2, 0) is 9.59 Å². The Morgan fingerprint density at radius 3 is 2.18 bits per heavy atom. The fourth-order valence-corrected chi connectivity index (χ4v) is 7.30. The molecule has 5 aliphatic rings. The quantitative estimate of drug-likeness (QED) is 0.485. The minimum absolute atomic E-state index is 0.0261. The first-order valence-electron chi connectivity index (χ1n) is 12.4. The molecule has 2 unspecified atom stereocenters. The minimum Gasteiger partial charge on any atom is -0.481 e. The molecule has 4 aliphatic carbocycles. The van der Waals surface area contributed by atoms with Crippen LogP contribution in [-0.4, -0.2) is 64.6 Å². The van der Waals surface area contributed by atoms with Gasteiger partial charge in [0.25, 0.3) is 5.69 Å². The van der Waals surface area contributed by atoms with Crippen molar-refractivity contribution in [3.05, 3.63) is 34.4 Å². The first-order chi connectivity index (χ1) is 16.1. The lowest BCUT2D eigenvalue weighted by Crippen LogP contribution is -2.66. The van der Waals surface area contributed by atoms with E-state index in [1.807, 2.05) is 13.8 Å². The number of amides is 1. The number of nitro benzene ring substituents is 1. The second kappa shape index (κ2) is 8.22. The Morgan fingerprint density at radius 2 is 1.65 bits per heavy atom. The number of carboxylic acids is 1. The van der Waals surface area contributed by atoms with Crippen molar-refractivity contribution in [1.82, 2.24) is 10.2 Å². The van der Waals surface area contributed by atoms with Gasteiger partial charge in [0.05, 0.1) is 15.9 Å². The van der Waals surface area contributed by atoms with Gasteiger partial charge in [-0.05, 0) is 75.8 Å². The van der Waals surface area contributed by atoms with Gasteiger partial charge in [-0.15, -0.1) is 0 Å². The van der Waals surface area contributed by atoms with E-state index in [1.165, 1.54) is 12.1 Å². The predicted octanol–water partition coefficient (Wildman–Crippen LogP) is 2.89. The van der Waals surface area contributed by atoms with Gasteiger partial charge in [-0.2, -0.15) is 0 Å². The van der Waals surface area contributed by atoms with Gasteiger partial charge in [0.1, 0.15) is 0 Å². The zero-order chi connectivity index (χ0) is 24.3. The molecule has 1 aliphatic heterocycles. The number of nitro groups is 1. The molecule has 1 aromatic rings. The van der Waals surface area contributed by atoms with E-state index in [0.29, 0.717) is 18.8 Å². The normalized spacial score (nSPS) is 33.1. The number of nitrogens with one attached hydrogen (secondary N) is 1. The molecule has 4 saturated carbocycles. The van der Waals surface area contributed by atoms with Gasteiger partial charge in [0.15, 0.2) is 0 Å². The van der Waals surface area contributed by atoms with Gasteiger partial charge in [-0.3, -0.25) is 24.6 Å². The highest BCUT2D eigenvalue weighted by Crippen LogP contribution is 2.60. The molecule has 1 saturated heterocycles. The molecule has 9 heteroatoms. The summed E-state index contributed by atoms with van der Waals surface area (Å²) in [6.45, 7) is 6.87. The summed E-state index contributed by atoms with van der Waals surface area (Å²) in [7, 11) is 0. The fraction of sp³-hybridized carbons (Fsp3) is 0.680. The summed E-state index contributed by atoms with van der Waals surface area (Å²) in [5, 5.41) is 24.1. The Bertz CT molecular complexity index is 970. The third-order valence-corrected chi connectivity index (χ3v) is 9.08. The van der Waals surface area contributed by atoms with Crippen LogP contribution in [0.1, 0.15) is 46.0 Å². The van der Waals surface area contributed by atoms with E-state index in [2.05, 4.69) is 15.1 Å². The lowest BCUT2D eigenvalue weighted by Gasteiger charge is -2.58. The maximum absolute atomic E-state index is 13.5. The third-order valence-electron chi connectivity index (χ3n) is 9.08. The number of nitrogens with zero attached hydrogens (tertiary/aromatic N) is 3. The fourth-order valence-electron chi connectivity index (χ4n) is 7.30. The van der Waals surface area contributed by atoms with E-state index in [-0.39, 0.29) is 29.5 Å². The zero-order valence-electron chi connectivity index (χ0n) is 19.9. The van der Waals surface area contributed by atoms with Crippen LogP contribution in [0.5, 0.6) is 0 Å². The molecule has 2 N–H and O–H groups in total.